The van der Waals surface area contributed by atoms with Gasteiger partial charge < -0.3 is 15.0 Å². The van der Waals surface area contributed by atoms with Crippen molar-refractivity contribution in [1.82, 2.24) is 14.9 Å². The first-order chi connectivity index (χ1) is 15.2. The molecule has 1 aliphatic heterocycles. The Balaban J connectivity index is 1.57. The summed E-state index contributed by atoms with van der Waals surface area (Å²) < 4.78 is 6.58. The molecule has 1 aliphatic rings. The Hall–Kier alpha value is -2.71. The zero-order chi connectivity index (χ0) is 22.9. The maximum Gasteiger partial charge on any atom is 0.410 e. The molecule has 1 fully saturated rings. The lowest BCUT2D eigenvalue weighted by Gasteiger charge is -2.34. The average Bonchev–Trinajstić information content (AvgIpc) is 3.21. The summed E-state index contributed by atoms with van der Waals surface area (Å²) >= 11 is 7.51. The van der Waals surface area contributed by atoms with Crippen LogP contribution in [0.2, 0.25) is 5.15 Å². The number of hydrogen-bond acceptors (Lipinski definition) is 6. The third-order valence-corrected chi connectivity index (χ3v) is 6.33. The van der Waals surface area contributed by atoms with Crippen molar-refractivity contribution in [2.24, 2.45) is 0 Å². The molecule has 7 nitrogen and oxygen atoms in total. The Bertz CT molecular complexity index is 1150. The first kappa shape index (κ1) is 22.5. The van der Waals surface area contributed by atoms with Crippen molar-refractivity contribution in [2.75, 3.05) is 18.4 Å². The van der Waals surface area contributed by atoms with Gasteiger partial charge in [-0.2, -0.15) is 0 Å². The molecule has 1 N–H and O–H groups in total. The summed E-state index contributed by atoms with van der Waals surface area (Å²) in [4.78, 5) is 35.6. The third-order valence-electron chi connectivity index (χ3n) is 5.33. The Morgan fingerprint density at radius 2 is 1.94 bits per heavy atom. The van der Waals surface area contributed by atoms with Gasteiger partial charge in [-0.3, -0.25) is 4.79 Å². The van der Waals surface area contributed by atoms with Gasteiger partial charge in [-0.05, 0) is 63.8 Å². The van der Waals surface area contributed by atoms with Gasteiger partial charge in [-0.1, -0.05) is 11.6 Å². The van der Waals surface area contributed by atoms with Crippen LogP contribution in [-0.4, -0.2) is 45.6 Å². The van der Waals surface area contributed by atoms with Crippen LogP contribution in [0.5, 0.6) is 0 Å². The van der Waals surface area contributed by atoms with Crippen molar-refractivity contribution in [3.63, 3.8) is 0 Å². The summed E-state index contributed by atoms with van der Waals surface area (Å²) in [5.41, 5.74) is 4.38. The molecule has 168 valence electrons. The highest BCUT2D eigenvalue weighted by Crippen LogP contribution is 2.39. The lowest BCUT2D eigenvalue weighted by Crippen LogP contribution is -2.41. The fraction of sp³-hybridized carbons (Fsp3) is 0.391. The zero-order valence-electron chi connectivity index (χ0n) is 18.2. The van der Waals surface area contributed by atoms with Crippen molar-refractivity contribution in [3.05, 3.63) is 52.3 Å². The molecule has 0 atom stereocenters. The second-order valence-corrected chi connectivity index (χ2v) is 10.1. The Morgan fingerprint density at radius 1 is 1.19 bits per heavy atom. The molecule has 2 amide bonds. The fourth-order valence-corrected chi connectivity index (χ4v) is 4.76. The van der Waals surface area contributed by atoms with Crippen LogP contribution >= 0.6 is 22.9 Å². The van der Waals surface area contributed by atoms with E-state index < -0.39 is 5.60 Å². The number of pyridine rings is 1. The number of anilines is 1. The quantitative estimate of drug-likeness (QED) is 0.493. The van der Waals surface area contributed by atoms with Crippen molar-refractivity contribution in [3.8, 4) is 0 Å². The second-order valence-electron chi connectivity index (χ2n) is 8.79. The summed E-state index contributed by atoms with van der Waals surface area (Å²) in [5, 5.41) is 3.30. The minimum atomic E-state index is -0.520. The Kier molecular flexibility index (Phi) is 6.35. The summed E-state index contributed by atoms with van der Waals surface area (Å²) in [7, 11) is 0. The molecule has 0 aliphatic carbocycles. The van der Waals surface area contributed by atoms with Crippen LogP contribution in [0.4, 0.5) is 10.5 Å². The van der Waals surface area contributed by atoms with Gasteiger partial charge in [0.1, 0.15) is 10.8 Å². The first-order valence-corrected chi connectivity index (χ1v) is 11.7. The van der Waals surface area contributed by atoms with Crippen molar-refractivity contribution in [2.45, 2.75) is 45.1 Å². The van der Waals surface area contributed by atoms with Gasteiger partial charge in [0.2, 0.25) is 0 Å². The number of thiazole rings is 1. The van der Waals surface area contributed by atoms with E-state index in [1.165, 1.54) is 12.3 Å². The van der Waals surface area contributed by atoms with Gasteiger partial charge >= 0.3 is 6.09 Å². The van der Waals surface area contributed by atoms with Crippen LogP contribution in [0.1, 0.15) is 55.5 Å². The van der Waals surface area contributed by atoms with Crippen LogP contribution in [0.3, 0.4) is 0 Å². The van der Waals surface area contributed by atoms with E-state index in [9.17, 15) is 9.59 Å². The number of carbonyl (C=O) groups is 2. The highest BCUT2D eigenvalue weighted by atomic mass is 35.5. The molecule has 0 saturated carbocycles. The lowest BCUT2D eigenvalue weighted by molar-refractivity contribution is 0.0205. The SMILES string of the molecule is CC(C)(C)OC(=O)N1CCC(c2c(NC(=O)c3ccnc(Cl)c3)ccc3scnc23)CC1. The summed E-state index contributed by atoms with van der Waals surface area (Å²) in [6, 6.07) is 7.07. The minimum Gasteiger partial charge on any atom is -0.444 e. The van der Waals surface area contributed by atoms with E-state index in [-0.39, 0.29) is 23.1 Å². The van der Waals surface area contributed by atoms with Gasteiger partial charge in [0.25, 0.3) is 5.91 Å². The molecule has 1 saturated heterocycles. The second kappa shape index (κ2) is 9.03. The molecule has 0 radical (unpaired) electrons. The molecule has 1 aromatic carbocycles. The van der Waals surface area contributed by atoms with Gasteiger partial charge in [0.15, 0.2) is 0 Å². The van der Waals surface area contributed by atoms with Crippen LogP contribution in [-0.2, 0) is 4.74 Å². The first-order valence-electron chi connectivity index (χ1n) is 10.5. The molecule has 3 aromatic rings. The predicted molar refractivity (Wildman–Crippen MR) is 127 cm³/mol. The number of carbonyl (C=O) groups excluding carboxylic acids is 2. The summed E-state index contributed by atoms with van der Waals surface area (Å²) in [6.45, 7) is 6.78. The predicted octanol–water partition coefficient (Wildman–Crippen LogP) is 5.71. The van der Waals surface area contributed by atoms with E-state index >= 15 is 0 Å². The molecule has 4 rings (SSSR count). The Labute approximate surface area is 195 Å². The number of amides is 2. The van der Waals surface area contributed by atoms with Crippen LogP contribution in [0.25, 0.3) is 10.2 Å². The molecule has 0 spiro atoms. The number of benzene rings is 1. The monoisotopic (exact) mass is 472 g/mol. The number of rotatable bonds is 3. The maximum atomic E-state index is 12.9. The number of nitrogens with one attached hydrogen (secondary N) is 1. The van der Waals surface area contributed by atoms with Gasteiger partial charge in [-0.25, -0.2) is 14.8 Å². The van der Waals surface area contributed by atoms with E-state index in [1.807, 2.05) is 38.4 Å². The summed E-state index contributed by atoms with van der Waals surface area (Å²) in [5.74, 6) is -0.0906. The molecule has 9 heteroatoms. The Morgan fingerprint density at radius 3 is 2.62 bits per heavy atom. The molecule has 2 aromatic heterocycles. The van der Waals surface area contributed by atoms with Gasteiger partial charge in [0, 0.05) is 36.1 Å². The van der Waals surface area contributed by atoms with E-state index in [2.05, 4.69) is 15.3 Å². The van der Waals surface area contributed by atoms with E-state index in [4.69, 9.17) is 16.3 Å². The standard InChI is InChI=1S/C23H25ClN4O3S/c1-23(2,3)31-22(30)28-10-7-14(8-11-28)19-16(4-5-17-20(19)26-13-32-17)27-21(29)15-6-9-25-18(24)12-15/h4-6,9,12-14H,7-8,10-11H2,1-3H3,(H,27,29). The molecular weight excluding hydrogens is 448 g/mol. The molecule has 32 heavy (non-hydrogen) atoms. The van der Waals surface area contributed by atoms with Gasteiger partial charge in [0.05, 0.1) is 15.7 Å². The average molecular weight is 473 g/mol. The number of hydrogen-bond donors (Lipinski definition) is 1. The van der Waals surface area contributed by atoms with Crippen molar-refractivity contribution in [1.29, 1.82) is 0 Å². The van der Waals surface area contributed by atoms with Gasteiger partial charge in [-0.15, -0.1) is 11.3 Å². The zero-order valence-corrected chi connectivity index (χ0v) is 19.8. The van der Waals surface area contributed by atoms with E-state index in [1.54, 1.807) is 22.3 Å². The number of aromatic nitrogens is 2. The van der Waals surface area contributed by atoms with Crippen LogP contribution < -0.4 is 5.32 Å². The summed E-state index contributed by atoms with van der Waals surface area (Å²) in [6.07, 6.45) is 2.75. The largest absolute Gasteiger partial charge is 0.444 e. The fourth-order valence-electron chi connectivity index (χ4n) is 3.89. The maximum absolute atomic E-state index is 12.9. The highest BCUT2D eigenvalue weighted by molar-refractivity contribution is 7.16. The van der Waals surface area contributed by atoms with Crippen molar-refractivity contribution < 1.29 is 14.3 Å². The number of halogens is 1. The topological polar surface area (TPSA) is 84.4 Å². The van der Waals surface area contributed by atoms with E-state index in [0.717, 1.165) is 34.3 Å². The third kappa shape index (κ3) is 5.02. The van der Waals surface area contributed by atoms with Crippen LogP contribution in [0.15, 0.2) is 36.0 Å². The number of fused-ring (bicyclic) bond motifs is 1. The molecule has 3 heterocycles. The lowest BCUT2D eigenvalue weighted by atomic mass is 9.87. The van der Waals surface area contributed by atoms with E-state index in [0.29, 0.717) is 18.7 Å². The highest BCUT2D eigenvalue weighted by Gasteiger charge is 2.30. The normalized spacial score (nSPS) is 15.1. The molecular formula is C23H25ClN4O3S. The van der Waals surface area contributed by atoms with Crippen LogP contribution in [0, 0.1) is 0 Å². The molecule has 0 bridgehead atoms. The number of piperidine rings is 1. The molecule has 0 unspecified atom stereocenters. The smallest absolute Gasteiger partial charge is 0.410 e. The number of nitrogens with zero attached hydrogens (tertiary/aromatic N) is 3. The minimum absolute atomic E-state index is 0.163. The van der Waals surface area contributed by atoms with Crippen molar-refractivity contribution >= 4 is 50.8 Å². The number of likely N-dealkylation sites (tertiary alicyclic amines) is 1. The number of ether oxygens (including phenoxy) is 1.